The molecule has 0 saturated heterocycles. The van der Waals surface area contributed by atoms with Gasteiger partial charge in [0.05, 0.1) is 17.9 Å². The minimum absolute atomic E-state index is 0.0572. The molecule has 0 heterocycles. The fraction of sp³-hybridized carbons (Fsp3) is 0.200. The molecule has 7 heteroatoms. The minimum atomic E-state index is -4.72. The minimum Gasteiger partial charge on any atom is -0.497 e. The van der Waals surface area contributed by atoms with Gasteiger partial charge in [0.2, 0.25) is 0 Å². The molecule has 192 valence electrons. The Labute approximate surface area is 217 Å². The summed E-state index contributed by atoms with van der Waals surface area (Å²) in [5, 5.41) is 2.83. The summed E-state index contributed by atoms with van der Waals surface area (Å²) in [6.07, 6.45) is -4.72. The average molecular weight is 524 g/mol. The number of aryl methyl sites for hydroxylation is 1. The van der Waals surface area contributed by atoms with E-state index < -0.39 is 28.4 Å². The molecule has 0 aliphatic carbocycles. The van der Waals surface area contributed by atoms with Crippen LogP contribution in [-0.4, -0.2) is 17.5 Å². The van der Waals surface area contributed by atoms with Gasteiger partial charge in [-0.3, -0.25) is 0 Å². The summed E-state index contributed by atoms with van der Waals surface area (Å²) in [7, 11) is -0.168. The lowest BCUT2D eigenvalue weighted by Gasteiger charge is -2.43. The third-order valence-corrected chi connectivity index (χ3v) is 8.05. The summed E-state index contributed by atoms with van der Waals surface area (Å²) in [6, 6.07) is 28.0. The van der Waals surface area contributed by atoms with Gasteiger partial charge in [-0.25, -0.2) is 4.21 Å². The summed E-state index contributed by atoms with van der Waals surface area (Å²) in [4.78, 5) is 0.880. The molecule has 0 spiro atoms. The number of nitrogens with one attached hydrogen (secondary N) is 1. The van der Waals surface area contributed by atoms with Crippen molar-refractivity contribution in [1.82, 2.24) is 0 Å². The monoisotopic (exact) mass is 523 g/mol. The van der Waals surface area contributed by atoms with E-state index in [1.54, 1.807) is 78.9 Å². The number of rotatable bonds is 8. The van der Waals surface area contributed by atoms with E-state index in [1.165, 1.54) is 26.2 Å². The third-order valence-electron chi connectivity index (χ3n) is 6.58. The van der Waals surface area contributed by atoms with Crippen LogP contribution in [0.3, 0.4) is 0 Å². The number of benzene rings is 4. The molecule has 0 saturated carbocycles. The molecule has 0 bridgehead atoms. The van der Waals surface area contributed by atoms with E-state index in [4.69, 9.17) is 4.74 Å². The summed E-state index contributed by atoms with van der Waals surface area (Å²) >= 11 is 0. The molecule has 0 amide bonds. The highest BCUT2D eigenvalue weighted by molar-refractivity contribution is 7.85. The molecular formula is C30H28F3NO2S. The Hall–Kier alpha value is -3.58. The SMILES string of the molecule is COc1ccc(N[C@@](c2ccccc2)([C@@H](C)c2ccccc2S(=O)c2ccc(C)cc2)C(F)(F)F)cc1. The maximum atomic E-state index is 15.4. The molecular weight excluding hydrogens is 495 g/mol. The summed E-state index contributed by atoms with van der Waals surface area (Å²) in [5.41, 5.74) is -0.821. The Balaban J connectivity index is 1.90. The number of hydrogen-bond acceptors (Lipinski definition) is 3. The molecule has 4 aromatic carbocycles. The van der Waals surface area contributed by atoms with Crippen molar-refractivity contribution in [2.24, 2.45) is 0 Å². The first-order chi connectivity index (χ1) is 17.7. The van der Waals surface area contributed by atoms with Crippen molar-refractivity contribution in [3.63, 3.8) is 0 Å². The van der Waals surface area contributed by atoms with E-state index in [2.05, 4.69) is 5.32 Å². The number of alkyl halides is 3. The molecule has 4 aromatic rings. The van der Waals surface area contributed by atoms with Crippen molar-refractivity contribution in [2.75, 3.05) is 12.4 Å². The van der Waals surface area contributed by atoms with Gasteiger partial charge in [0.25, 0.3) is 0 Å². The highest BCUT2D eigenvalue weighted by atomic mass is 32.2. The van der Waals surface area contributed by atoms with Crippen molar-refractivity contribution in [3.05, 3.63) is 120 Å². The van der Waals surface area contributed by atoms with Crippen LogP contribution >= 0.6 is 0 Å². The summed E-state index contributed by atoms with van der Waals surface area (Å²) < 4.78 is 64.9. The Morgan fingerprint density at radius 2 is 1.41 bits per heavy atom. The van der Waals surface area contributed by atoms with Crippen molar-refractivity contribution in [3.8, 4) is 5.75 Å². The topological polar surface area (TPSA) is 38.3 Å². The van der Waals surface area contributed by atoms with Gasteiger partial charge in [-0.2, -0.15) is 13.2 Å². The van der Waals surface area contributed by atoms with Gasteiger partial charge < -0.3 is 10.1 Å². The van der Waals surface area contributed by atoms with Crippen molar-refractivity contribution >= 4 is 16.5 Å². The van der Waals surface area contributed by atoms with Gasteiger partial charge in [-0.1, -0.05) is 73.2 Å². The van der Waals surface area contributed by atoms with Crippen LogP contribution in [0.15, 0.2) is 113 Å². The van der Waals surface area contributed by atoms with Crippen LogP contribution < -0.4 is 10.1 Å². The first-order valence-corrected chi connectivity index (χ1v) is 12.9. The van der Waals surface area contributed by atoms with E-state index in [0.717, 1.165) is 5.56 Å². The maximum absolute atomic E-state index is 15.4. The van der Waals surface area contributed by atoms with E-state index >= 15 is 13.2 Å². The zero-order valence-corrected chi connectivity index (χ0v) is 21.6. The van der Waals surface area contributed by atoms with Gasteiger partial charge in [0.15, 0.2) is 5.54 Å². The number of halogens is 3. The Bertz CT molecular complexity index is 1360. The largest absolute Gasteiger partial charge is 0.497 e. The van der Waals surface area contributed by atoms with Crippen LogP contribution in [0, 0.1) is 6.92 Å². The van der Waals surface area contributed by atoms with Gasteiger partial charge in [-0.15, -0.1) is 0 Å². The van der Waals surface area contributed by atoms with Crippen LogP contribution in [0.2, 0.25) is 0 Å². The maximum Gasteiger partial charge on any atom is 0.416 e. The van der Waals surface area contributed by atoms with Crippen LogP contribution in [0.5, 0.6) is 5.75 Å². The predicted octanol–water partition coefficient (Wildman–Crippen LogP) is 7.84. The molecule has 37 heavy (non-hydrogen) atoms. The van der Waals surface area contributed by atoms with Gasteiger partial charge >= 0.3 is 6.18 Å². The van der Waals surface area contributed by atoms with E-state index in [9.17, 15) is 4.21 Å². The molecule has 0 radical (unpaired) electrons. The first kappa shape index (κ1) is 26.5. The van der Waals surface area contributed by atoms with Gasteiger partial charge in [0, 0.05) is 21.4 Å². The smallest absolute Gasteiger partial charge is 0.416 e. The number of ether oxygens (including phenoxy) is 1. The lowest BCUT2D eigenvalue weighted by Crippen LogP contribution is -2.53. The van der Waals surface area contributed by atoms with Crippen LogP contribution in [0.1, 0.15) is 29.5 Å². The molecule has 1 N–H and O–H groups in total. The van der Waals surface area contributed by atoms with Gasteiger partial charge in [0.1, 0.15) is 5.75 Å². The molecule has 3 atom stereocenters. The van der Waals surface area contributed by atoms with E-state index in [-0.39, 0.29) is 11.3 Å². The number of anilines is 1. The molecule has 0 aliphatic heterocycles. The van der Waals surface area contributed by atoms with Crippen molar-refractivity contribution < 1.29 is 22.1 Å². The van der Waals surface area contributed by atoms with E-state index in [0.29, 0.717) is 21.1 Å². The van der Waals surface area contributed by atoms with Gasteiger partial charge in [-0.05, 0) is 60.5 Å². The standard InChI is InChI=1S/C30H28F3NO2S/c1-21-13-19-26(20-14-21)37(35)28-12-8-7-11-27(28)22(2)29(30(31,32)33,23-9-5-4-6-10-23)34-24-15-17-25(36-3)18-16-24/h4-20,22,34H,1-3H3/t22-,29+,37?/m0/s1. The van der Waals surface area contributed by atoms with Crippen molar-refractivity contribution in [2.45, 2.75) is 41.3 Å². The average Bonchev–Trinajstić information content (AvgIpc) is 2.91. The highest BCUT2D eigenvalue weighted by Crippen LogP contribution is 2.51. The number of hydrogen-bond donors (Lipinski definition) is 1. The third kappa shape index (κ3) is 5.27. The van der Waals surface area contributed by atoms with Crippen LogP contribution in [0.25, 0.3) is 0 Å². The van der Waals surface area contributed by atoms with E-state index in [1.807, 2.05) is 19.1 Å². The zero-order valence-electron chi connectivity index (χ0n) is 20.8. The molecule has 1 unspecified atom stereocenters. The fourth-order valence-electron chi connectivity index (χ4n) is 4.54. The molecule has 0 aromatic heterocycles. The second kappa shape index (κ2) is 10.8. The molecule has 0 aliphatic rings. The first-order valence-electron chi connectivity index (χ1n) is 11.8. The normalized spacial score (nSPS) is 14.9. The lowest BCUT2D eigenvalue weighted by atomic mass is 9.74. The number of methoxy groups -OCH3 is 1. The summed E-state index contributed by atoms with van der Waals surface area (Å²) in [6.45, 7) is 3.45. The molecule has 0 fully saturated rings. The second-order valence-electron chi connectivity index (χ2n) is 8.87. The summed E-state index contributed by atoms with van der Waals surface area (Å²) in [5.74, 6) is -0.614. The van der Waals surface area contributed by atoms with Crippen molar-refractivity contribution in [1.29, 1.82) is 0 Å². The predicted molar refractivity (Wildman–Crippen MR) is 142 cm³/mol. The highest BCUT2D eigenvalue weighted by Gasteiger charge is 2.60. The molecule has 4 rings (SSSR count). The Morgan fingerprint density at radius 3 is 2.00 bits per heavy atom. The van der Waals surface area contributed by atoms with Crippen LogP contribution in [-0.2, 0) is 16.3 Å². The Kier molecular flexibility index (Phi) is 7.73. The van der Waals surface area contributed by atoms with Crippen LogP contribution in [0.4, 0.5) is 18.9 Å². The quantitative estimate of drug-likeness (QED) is 0.256. The molecule has 3 nitrogen and oxygen atoms in total. The lowest BCUT2D eigenvalue weighted by molar-refractivity contribution is -0.188. The Morgan fingerprint density at radius 1 is 0.811 bits per heavy atom. The fourth-order valence-corrected chi connectivity index (χ4v) is 5.84. The zero-order chi connectivity index (χ0) is 26.6. The second-order valence-corrected chi connectivity index (χ2v) is 10.3.